The van der Waals surface area contributed by atoms with Crippen molar-refractivity contribution in [1.29, 1.82) is 0 Å². The van der Waals surface area contributed by atoms with Crippen LogP contribution in [0.4, 0.5) is 0 Å². The van der Waals surface area contributed by atoms with Gasteiger partial charge in [-0.25, -0.2) is 0 Å². The van der Waals surface area contributed by atoms with Crippen LogP contribution in [0.5, 0.6) is 0 Å². The number of likely N-dealkylation sites (tertiary alicyclic amines) is 1. The predicted octanol–water partition coefficient (Wildman–Crippen LogP) is 2.35. The Morgan fingerprint density at radius 1 is 1.53 bits per heavy atom. The number of aliphatic hydroxyl groups is 1. The minimum absolute atomic E-state index is 0.0619. The first-order chi connectivity index (χ1) is 7.89. The smallest absolute Gasteiger partial charge is 0.255 e. The van der Waals surface area contributed by atoms with Crippen LogP contribution in [0.2, 0.25) is 0 Å². The number of nitrogens with zero attached hydrogens (tertiary/aromatic N) is 1. The molecule has 1 aliphatic heterocycles. The van der Waals surface area contributed by atoms with E-state index in [9.17, 15) is 9.90 Å². The van der Waals surface area contributed by atoms with Crippen molar-refractivity contribution >= 4 is 17.2 Å². The molecule has 1 amide bonds. The lowest BCUT2D eigenvalue weighted by atomic mass is 9.94. The summed E-state index contributed by atoms with van der Waals surface area (Å²) in [5, 5.41) is 10.0. The average molecular weight is 253 g/mol. The minimum Gasteiger partial charge on any atom is -0.388 e. The van der Waals surface area contributed by atoms with Crippen molar-refractivity contribution < 1.29 is 9.90 Å². The van der Waals surface area contributed by atoms with Crippen molar-refractivity contribution in [3.63, 3.8) is 0 Å². The first-order valence-electron chi connectivity index (χ1n) is 5.98. The lowest BCUT2D eigenvalue weighted by Crippen LogP contribution is -2.48. The molecule has 1 saturated heterocycles. The molecular weight excluding hydrogens is 234 g/mol. The van der Waals surface area contributed by atoms with E-state index in [4.69, 9.17) is 0 Å². The van der Waals surface area contributed by atoms with Crippen LogP contribution in [0.25, 0.3) is 0 Å². The number of carbonyl (C=O) groups excluding carboxylic acids is 1. The van der Waals surface area contributed by atoms with Gasteiger partial charge in [0, 0.05) is 22.8 Å². The molecule has 1 aromatic rings. The van der Waals surface area contributed by atoms with Crippen LogP contribution in [0.3, 0.4) is 0 Å². The fourth-order valence-electron chi connectivity index (χ4n) is 2.41. The maximum Gasteiger partial charge on any atom is 0.255 e. The van der Waals surface area contributed by atoms with Gasteiger partial charge in [0.2, 0.25) is 0 Å². The highest BCUT2D eigenvalue weighted by atomic mass is 32.1. The molecule has 1 aliphatic rings. The summed E-state index contributed by atoms with van der Waals surface area (Å²) in [6.45, 7) is 7.00. The second kappa shape index (κ2) is 4.42. The zero-order valence-electron chi connectivity index (χ0n) is 10.6. The molecule has 2 rings (SSSR count). The number of β-amino-alcohol motifs (C(OH)–C–C–N with tert-alkyl or cyclic N) is 1. The van der Waals surface area contributed by atoms with Gasteiger partial charge in [0.05, 0.1) is 11.2 Å². The molecular formula is C13H19NO2S. The number of thiophene rings is 1. The number of aryl methyl sites for hydroxylation is 2. The third-order valence-electron chi connectivity index (χ3n) is 3.23. The number of carbonyl (C=O) groups is 1. The highest BCUT2D eigenvalue weighted by Gasteiger charge is 2.32. The number of hydrogen-bond donors (Lipinski definition) is 1. The predicted molar refractivity (Wildman–Crippen MR) is 69.6 cm³/mol. The summed E-state index contributed by atoms with van der Waals surface area (Å²) in [6.07, 6.45) is 1.65. The lowest BCUT2D eigenvalue weighted by Gasteiger charge is -2.36. The Hall–Kier alpha value is -0.870. The normalized spacial score (nSPS) is 25.1. The summed E-state index contributed by atoms with van der Waals surface area (Å²) in [5.74, 6) is 0.0619. The van der Waals surface area contributed by atoms with Gasteiger partial charge in [0.25, 0.3) is 5.91 Å². The summed E-state index contributed by atoms with van der Waals surface area (Å²) in [5.41, 5.74) is 0.0672. The number of piperidine rings is 1. The summed E-state index contributed by atoms with van der Waals surface area (Å²) in [4.78, 5) is 16.3. The third-order valence-corrected chi connectivity index (χ3v) is 4.20. The van der Waals surface area contributed by atoms with Crippen LogP contribution >= 0.6 is 11.3 Å². The van der Waals surface area contributed by atoms with E-state index in [0.717, 1.165) is 34.7 Å². The van der Waals surface area contributed by atoms with E-state index in [1.165, 1.54) is 0 Å². The lowest BCUT2D eigenvalue weighted by molar-refractivity contribution is -0.0107. The molecule has 1 aromatic heterocycles. The topological polar surface area (TPSA) is 40.5 Å². The van der Waals surface area contributed by atoms with Crippen molar-refractivity contribution in [3.05, 3.63) is 21.4 Å². The van der Waals surface area contributed by atoms with E-state index in [2.05, 4.69) is 0 Å². The summed E-state index contributed by atoms with van der Waals surface area (Å²) >= 11 is 1.65. The Morgan fingerprint density at radius 3 is 2.76 bits per heavy atom. The van der Waals surface area contributed by atoms with Gasteiger partial charge in [-0.15, -0.1) is 11.3 Å². The first-order valence-corrected chi connectivity index (χ1v) is 6.79. The Bertz CT molecular complexity index is 437. The Labute approximate surface area is 106 Å². The van der Waals surface area contributed by atoms with Gasteiger partial charge in [-0.3, -0.25) is 4.79 Å². The first kappa shape index (κ1) is 12.6. The van der Waals surface area contributed by atoms with Gasteiger partial charge in [-0.05, 0) is 39.7 Å². The molecule has 0 saturated carbocycles. The summed E-state index contributed by atoms with van der Waals surface area (Å²) < 4.78 is 0. The second-order valence-electron chi connectivity index (χ2n) is 5.15. The van der Waals surface area contributed by atoms with Crippen LogP contribution in [0.1, 0.15) is 39.9 Å². The molecule has 2 heterocycles. The van der Waals surface area contributed by atoms with Crippen LogP contribution in [0.15, 0.2) is 6.07 Å². The van der Waals surface area contributed by atoms with E-state index in [1.54, 1.807) is 23.2 Å². The fourth-order valence-corrected chi connectivity index (χ4v) is 3.32. The Kier molecular flexibility index (Phi) is 3.27. The average Bonchev–Trinajstić information content (AvgIpc) is 2.55. The molecule has 17 heavy (non-hydrogen) atoms. The zero-order chi connectivity index (χ0) is 12.6. The highest BCUT2D eigenvalue weighted by molar-refractivity contribution is 7.12. The maximum atomic E-state index is 12.3. The molecule has 1 unspecified atom stereocenters. The minimum atomic E-state index is -0.729. The summed E-state index contributed by atoms with van der Waals surface area (Å²) in [6, 6.07) is 1.95. The largest absolute Gasteiger partial charge is 0.388 e. The van der Waals surface area contributed by atoms with Gasteiger partial charge in [-0.1, -0.05) is 0 Å². The SMILES string of the molecule is Cc1cc(C(=O)N2CCCC(C)(O)C2)c(C)s1. The van der Waals surface area contributed by atoms with E-state index >= 15 is 0 Å². The molecule has 0 aliphatic carbocycles. The van der Waals surface area contributed by atoms with Crippen molar-refractivity contribution in [2.24, 2.45) is 0 Å². The van der Waals surface area contributed by atoms with E-state index < -0.39 is 5.60 Å². The molecule has 3 nitrogen and oxygen atoms in total. The second-order valence-corrected chi connectivity index (χ2v) is 6.61. The van der Waals surface area contributed by atoms with Crippen LogP contribution in [0, 0.1) is 13.8 Å². The van der Waals surface area contributed by atoms with Gasteiger partial charge >= 0.3 is 0 Å². The van der Waals surface area contributed by atoms with Gasteiger partial charge in [0.15, 0.2) is 0 Å². The monoisotopic (exact) mass is 253 g/mol. The highest BCUT2D eigenvalue weighted by Crippen LogP contribution is 2.26. The number of amides is 1. The van der Waals surface area contributed by atoms with Crippen molar-refractivity contribution in [2.75, 3.05) is 13.1 Å². The standard InChI is InChI=1S/C13H19NO2S/c1-9-7-11(10(2)17-9)12(15)14-6-4-5-13(3,16)8-14/h7,16H,4-6,8H2,1-3H3. The van der Waals surface area contributed by atoms with Crippen molar-refractivity contribution in [2.45, 2.75) is 39.2 Å². The van der Waals surface area contributed by atoms with Crippen molar-refractivity contribution in [3.8, 4) is 0 Å². The van der Waals surface area contributed by atoms with Gasteiger partial charge in [-0.2, -0.15) is 0 Å². The molecule has 1 N–H and O–H groups in total. The molecule has 1 atom stereocenters. The third kappa shape index (κ3) is 2.69. The quantitative estimate of drug-likeness (QED) is 0.834. The molecule has 0 aromatic carbocycles. The fraction of sp³-hybridized carbons (Fsp3) is 0.615. The van der Waals surface area contributed by atoms with Crippen LogP contribution in [-0.4, -0.2) is 34.6 Å². The van der Waals surface area contributed by atoms with Crippen molar-refractivity contribution in [1.82, 2.24) is 4.90 Å². The number of hydrogen-bond acceptors (Lipinski definition) is 3. The maximum absolute atomic E-state index is 12.3. The van der Waals surface area contributed by atoms with Gasteiger partial charge in [0.1, 0.15) is 0 Å². The molecule has 94 valence electrons. The molecule has 1 fully saturated rings. The molecule has 0 radical (unpaired) electrons. The Morgan fingerprint density at radius 2 is 2.24 bits per heavy atom. The Balaban J connectivity index is 2.18. The summed E-state index contributed by atoms with van der Waals surface area (Å²) in [7, 11) is 0. The van der Waals surface area contributed by atoms with Crippen LogP contribution < -0.4 is 0 Å². The van der Waals surface area contributed by atoms with E-state index in [1.807, 2.05) is 19.9 Å². The molecule has 4 heteroatoms. The van der Waals surface area contributed by atoms with Gasteiger partial charge < -0.3 is 10.0 Å². The molecule has 0 spiro atoms. The molecule has 0 bridgehead atoms. The van der Waals surface area contributed by atoms with Crippen LogP contribution in [-0.2, 0) is 0 Å². The van der Waals surface area contributed by atoms with E-state index in [0.29, 0.717) is 6.54 Å². The number of rotatable bonds is 1. The zero-order valence-corrected chi connectivity index (χ0v) is 11.4. The van der Waals surface area contributed by atoms with E-state index in [-0.39, 0.29) is 5.91 Å².